The van der Waals surface area contributed by atoms with E-state index in [4.69, 9.17) is 10.3 Å². The largest absolute Gasteiger partial charge is 0.367 e. The van der Waals surface area contributed by atoms with Crippen LogP contribution in [0.15, 0.2) is 27.2 Å². The Labute approximate surface area is 109 Å². The van der Waals surface area contributed by atoms with Gasteiger partial charge in [0.15, 0.2) is 0 Å². The molecule has 0 aliphatic carbocycles. The molecule has 0 atom stereocenters. The molecule has 0 aliphatic rings. The highest BCUT2D eigenvalue weighted by atomic mass is 79.9. The summed E-state index contributed by atoms with van der Waals surface area (Å²) in [5.41, 5.74) is 9.81. The number of nitrogens with zero attached hydrogens (tertiary/aromatic N) is 1. The first-order valence-electron chi connectivity index (χ1n) is 5.53. The standard InChI is InChI=1S/C13H15BrN2O/c1-7(2)10-12(16-17-13(10)15)9-6-4-5-8(3)11(9)14/h4-7H,15H2,1-3H3. The molecule has 1 aromatic heterocycles. The van der Waals surface area contributed by atoms with Gasteiger partial charge in [0.1, 0.15) is 5.69 Å². The zero-order valence-corrected chi connectivity index (χ0v) is 11.7. The lowest BCUT2D eigenvalue weighted by Gasteiger charge is -2.08. The quantitative estimate of drug-likeness (QED) is 0.906. The smallest absolute Gasteiger partial charge is 0.226 e. The molecule has 0 radical (unpaired) electrons. The van der Waals surface area contributed by atoms with E-state index >= 15 is 0 Å². The number of hydrogen-bond donors (Lipinski definition) is 1. The lowest BCUT2D eigenvalue weighted by molar-refractivity contribution is 0.438. The summed E-state index contributed by atoms with van der Waals surface area (Å²) in [4.78, 5) is 0. The number of nitrogens with two attached hydrogens (primary N) is 1. The van der Waals surface area contributed by atoms with Crippen molar-refractivity contribution in [1.29, 1.82) is 0 Å². The molecule has 0 unspecified atom stereocenters. The van der Waals surface area contributed by atoms with Gasteiger partial charge in [0, 0.05) is 15.6 Å². The second kappa shape index (κ2) is 4.53. The topological polar surface area (TPSA) is 52.0 Å². The van der Waals surface area contributed by atoms with E-state index in [2.05, 4.69) is 34.9 Å². The van der Waals surface area contributed by atoms with Crippen molar-refractivity contribution in [2.45, 2.75) is 26.7 Å². The van der Waals surface area contributed by atoms with Crippen LogP contribution in [0, 0.1) is 6.92 Å². The summed E-state index contributed by atoms with van der Waals surface area (Å²) in [6, 6.07) is 6.07. The molecule has 2 rings (SSSR count). The minimum atomic E-state index is 0.281. The van der Waals surface area contributed by atoms with Crippen molar-refractivity contribution in [2.75, 3.05) is 5.73 Å². The van der Waals surface area contributed by atoms with Gasteiger partial charge in [-0.25, -0.2) is 0 Å². The highest BCUT2D eigenvalue weighted by Gasteiger charge is 2.20. The maximum atomic E-state index is 5.82. The van der Waals surface area contributed by atoms with E-state index in [1.807, 2.05) is 25.1 Å². The Morgan fingerprint density at radius 3 is 2.71 bits per heavy atom. The molecule has 1 heterocycles. The summed E-state index contributed by atoms with van der Waals surface area (Å²) in [6.07, 6.45) is 0. The minimum absolute atomic E-state index is 0.281. The van der Waals surface area contributed by atoms with Crippen molar-refractivity contribution < 1.29 is 4.52 Å². The number of hydrogen-bond acceptors (Lipinski definition) is 3. The Balaban J connectivity index is 2.65. The molecular formula is C13H15BrN2O. The van der Waals surface area contributed by atoms with Crippen molar-refractivity contribution >= 4 is 21.8 Å². The Morgan fingerprint density at radius 2 is 2.06 bits per heavy atom. The van der Waals surface area contributed by atoms with Crippen LogP contribution >= 0.6 is 15.9 Å². The van der Waals surface area contributed by atoms with Crippen LogP contribution in [0.1, 0.15) is 30.9 Å². The van der Waals surface area contributed by atoms with Gasteiger partial charge in [-0.2, -0.15) is 0 Å². The summed E-state index contributed by atoms with van der Waals surface area (Å²) < 4.78 is 6.15. The molecule has 0 saturated heterocycles. The molecule has 17 heavy (non-hydrogen) atoms. The van der Waals surface area contributed by atoms with E-state index in [0.717, 1.165) is 21.3 Å². The van der Waals surface area contributed by atoms with Crippen LogP contribution in [-0.2, 0) is 0 Å². The van der Waals surface area contributed by atoms with Crippen LogP contribution in [0.5, 0.6) is 0 Å². The average molecular weight is 295 g/mol. The number of rotatable bonds is 2. The van der Waals surface area contributed by atoms with Gasteiger partial charge >= 0.3 is 0 Å². The molecular weight excluding hydrogens is 280 g/mol. The fourth-order valence-electron chi connectivity index (χ4n) is 1.89. The van der Waals surface area contributed by atoms with Crippen molar-refractivity contribution in [3.8, 4) is 11.3 Å². The van der Waals surface area contributed by atoms with Crippen molar-refractivity contribution in [1.82, 2.24) is 5.16 Å². The third-order valence-electron chi connectivity index (χ3n) is 2.78. The lowest BCUT2D eigenvalue weighted by atomic mass is 9.98. The van der Waals surface area contributed by atoms with Gasteiger partial charge in [0.25, 0.3) is 0 Å². The van der Waals surface area contributed by atoms with Gasteiger partial charge in [-0.15, -0.1) is 0 Å². The SMILES string of the molecule is Cc1cccc(-c2noc(N)c2C(C)C)c1Br. The fraction of sp³-hybridized carbons (Fsp3) is 0.308. The van der Waals surface area contributed by atoms with Gasteiger partial charge in [0.05, 0.1) is 0 Å². The summed E-state index contributed by atoms with van der Waals surface area (Å²) in [6.45, 7) is 6.21. The lowest BCUT2D eigenvalue weighted by Crippen LogP contribution is -1.95. The number of benzene rings is 1. The Kier molecular flexibility index (Phi) is 3.24. The summed E-state index contributed by atoms with van der Waals surface area (Å²) in [7, 11) is 0. The molecule has 0 spiro atoms. The number of aromatic nitrogens is 1. The highest BCUT2D eigenvalue weighted by molar-refractivity contribution is 9.10. The zero-order valence-electron chi connectivity index (χ0n) is 10.1. The van der Waals surface area contributed by atoms with Gasteiger partial charge in [-0.3, -0.25) is 0 Å². The zero-order chi connectivity index (χ0) is 12.6. The number of anilines is 1. The van der Waals surface area contributed by atoms with E-state index < -0.39 is 0 Å². The van der Waals surface area contributed by atoms with Crippen LogP contribution in [0.3, 0.4) is 0 Å². The van der Waals surface area contributed by atoms with Gasteiger partial charge < -0.3 is 10.3 Å². The second-order valence-corrected chi connectivity index (χ2v) is 5.19. The van der Waals surface area contributed by atoms with Crippen molar-refractivity contribution in [3.63, 3.8) is 0 Å². The van der Waals surface area contributed by atoms with Gasteiger partial charge in [-0.05, 0) is 34.3 Å². The third-order valence-corrected chi connectivity index (χ3v) is 3.83. The number of nitrogen functional groups attached to an aromatic ring is 1. The van der Waals surface area contributed by atoms with E-state index in [1.54, 1.807) is 0 Å². The van der Waals surface area contributed by atoms with Crippen LogP contribution in [-0.4, -0.2) is 5.16 Å². The predicted octanol–water partition coefficient (Wildman–Crippen LogP) is 4.12. The van der Waals surface area contributed by atoms with Gasteiger partial charge in [-0.1, -0.05) is 37.2 Å². The normalized spacial score (nSPS) is 11.1. The van der Waals surface area contributed by atoms with Crippen molar-refractivity contribution in [3.05, 3.63) is 33.8 Å². The van der Waals surface area contributed by atoms with Gasteiger partial charge in [0.2, 0.25) is 5.88 Å². The molecule has 0 bridgehead atoms. The Morgan fingerprint density at radius 1 is 1.35 bits per heavy atom. The minimum Gasteiger partial charge on any atom is -0.367 e. The maximum absolute atomic E-state index is 5.82. The first kappa shape index (κ1) is 12.2. The van der Waals surface area contributed by atoms with E-state index in [9.17, 15) is 0 Å². The van der Waals surface area contributed by atoms with Crippen LogP contribution in [0.4, 0.5) is 5.88 Å². The monoisotopic (exact) mass is 294 g/mol. The molecule has 0 amide bonds. The second-order valence-electron chi connectivity index (χ2n) is 4.40. The molecule has 0 saturated carbocycles. The van der Waals surface area contributed by atoms with Crippen LogP contribution < -0.4 is 5.73 Å². The molecule has 90 valence electrons. The molecule has 1 aromatic carbocycles. The Hall–Kier alpha value is -1.29. The third kappa shape index (κ3) is 2.09. The summed E-state index contributed by atoms with van der Waals surface area (Å²) in [5, 5.41) is 4.08. The Bertz CT molecular complexity index is 546. The van der Waals surface area contributed by atoms with E-state index in [-0.39, 0.29) is 5.92 Å². The first-order valence-corrected chi connectivity index (χ1v) is 6.32. The molecule has 4 heteroatoms. The highest BCUT2D eigenvalue weighted by Crippen LogP contribution is 2.37. The molecule has 3 nitrogen and oxygen atoms in total. The fourth-order valence-corrected chi connectivity index (χ4v) is 2.34. The average Bonchev–Trinajstić information content (AvgIpc) is 2.64. The van der Waals surface area contributed by atoms with E-state index in [1.165, 1.54) is 5.56 Å². The van der Waals surface area contributed by atoms with Crippen LogP contribution in [0.25, 0.3) is 11.3 Å². The van der Waals surface area contributed by atoms with E-state index in [0.29, 0.717) is 5.88 Å². The summed E-state index contributed by atoms with van der Waals surface area (Å²) in [5.74, 6) is 0.687. The number of halogens is 1. The molecule has 0 aliphatic heterocycles. The molecule has 0 fully saturated rings. The molecule has 2 N–H and O–H groups in total. The molecule has 2 aromatic rings. The maximum Gasteiger partial charge on any atom is 0.226 e. The number of aryl methyl sites for hydroxylation is 1. The van der Waals surface area contributed by atoms with Crippen molar-refractivity contribution in [2.24, 2.45) is 0 Å². The van der Waals surface area contributed by atoms with Crippen LogP contribution in [0.2, 0.25) is 0 Å². The first-order chi connectivity index (χ1) is 8.02. The predicted molar refractivity (Wildman–Crippen MR) is 72.9 cm³/mol. The summed E-state index contributed by atoms with van der Waals surface area (Å²) >= 11 is 3.59.